The van der Waals surface area contributed by atoms with Gasteiger partial charge in [0.1, 0.15) is 16.8 Å². The molecule has 0 spiro atoms. The predicted molar refractivity (Wildman–Crippen MR) is 81.3 cm³/mol. The standard InChI is InChI=1S/C14H21ClN6/c1-4-12-17-18-13-6-5-10(8-21(12)13)16-7-11-9(2)19-20(3)14(11)15/h10,16H,4-8H2,1-3H3. The van der Waals surface area contributed by atoms with Crippen LogP contribution in [0.1, 0.15) is 36.3 Å². The minimum atomic E-state index is 0.425. The Labute approximate surface area is 129 Å². The van der Waals surface area contributed by atoms with Gasteiger partial charge in [0.2, 0.25) is 0 Å². The van der Waals surface area contributed by atoms with Gasteiger partial charge in [0.15, 0.2) is 0 Å². The quantitative estimate of drug-likeness (QED) is 0.933. The van der Waals surface area contributed by atoms with Gasteiger partial charge in [-0.3, -0.25) is 4.68 Å². The zero-order chi connectivity index (χ0) is 15.0. The molecule has 1 unspecified atom stereocenters. The first kappa shape index (κ1) is 14.5. The summed E-state index contributed by atoms with van der Waals surface area (Å²) in [5.41, 5.74) is 2.08. The van der Waals surface area contributed by atoms with Crippen molar-refractivity contribution in [2.75, 3.05) is 0 Å². The lowest BCUT2D eigenvalue weighted by Gasteiger charge is -2.25. The number of nitrogens with one attached hydrogen (secondary N) is 1. The topological polar surface area (TPSA) is 60.6 Å². The van der Waals surface area contributed by atoms with Gasteiger partial charge in [-0.15, -0.1) is 10.2 Å². The number of fused-ring (bicyclic) bond motifs is 1. The zero-order valence-electron chi connectivity index (χ0n) is 12.7. The highest BCUT2D eigenvalue weighted by Crippen LogP contribution is 2.20. The van der Waals surface area contributed by atoms with E-state index in [1.54, 1.807) is 4.68 Å². The third kappa shape index (κ3) is 2.70. The van der Waals surface area contributed by atoms with Crippen LogP contribution in [0.4, 0.5) is 0 Å². The fraction of sp³-hybridized carbons (Fsp3) is 0.643. The number of halogens is 1. The lowest BCUT2D eigenvalue weighted by molar-refractivity contribution is 0.373. The Bertz CT molecular complexity index is 631. The number of aromatic nitrogens is 5. The fourth-order valence-electron chi connectivity index (χ4n) is 2.93. The van der Waals surface area contributed by atoms with Crippen LogP contribution < -0.4 is 5.32 Å². The molecule has 21 heavy (non-hydrogen) atoms. The molecular formula is C14H21ClN6. The maximum absolute atomic E-state index is 6.28. The Balaban J connectivity index is 1.67. The largest absolute Gasteiger partial charge is 0.313 e. The van der Waals surface area contributed by atoms with Crippen molar-refractivity contribution in [2.24, 2.45) is 7.05 Å². The molecule has 0 fully saturated rings. The molecule has 0 aromatic carbocycles. The molecule has 7 heteroatoms. The lowest BCUT2D eigenvalue weighted by Crippen LogP contribution is -2.37. The number of aryl methyl sites for hydroxylation is 4. The number of hydrogen-bond donors (Lipinski definition) is 1. The SMILES string of the molecule is CCc1nnc2n1CC(NCc1c(C)nn(C)c1Cl)CC2. The van der Waals surface area contributed by atoms with Crippen molar-refractivity contribution in [1.82, 2.24) is 29.9 Å². The van der Waals surface area contributed by atoms with E-state index in [0.29, 0.717) is 6.04 Å². The van der Waals surface area contributed by atoms with E-state index < -0.39 is 0 Å². The molecule has 114 valence electrons. The van der Waals surface area contributed by atoms with Gasteiger partial charge in [-0.05, 0) is 13.3 Å². The van der Waals surface area contributed by atoms with Gasteiger partial charge < -0.3 is 9.88 Å². The highest BCUT2D eigenvalue weighted by Gasteiger charge is 2.22. The first-order valence-electron chi connectivity index (χ1n) is 7.42. The number of nitrogens with zero attached hydrogens (tertiary/aromatic N) is 5. The molecule has 1 N–H and O–H groups in total. The highest BCUT2D eigenvalue weighted by atomic mass is 35.5. The average molecular weight is 309 g/mol. The van der Waals surface area contributed by atoms with Crippen LogP contribution >= 0.6 is 11.6 Å². The molecule has 2 aromatic heterocycles. The second kappa shape index (κ2) is 5.77. The summed E-state index contributed by atoms with van der Waals surface area (Å²) < 4.78 is 3.97. The Morgan fingerprint density at radius 1 is 1.38 bits per heavy atom. The molecule has 0 saturated heterocycles. The van der Waals surface area contributed by atoms with Gasteiger partial charge in [0.05, 0.1) is 5.69 Å². The molecule has 6 nitrogen and oxygen atoms in total. The summed E-state index contributed by atoms with van der Waals surface area (Å²) in [6, 6.07) is 0.425. The van der Waals surface area contributed by atoms with Crippen molar-refractivity contribution in [1.29, 1.82) is 0 Å². The molecule has 3 rings (SSSR count). The van der Waals surface area contributed by atoms with E-state index >= 15 is 0 Å². The minimum Gasteiger partial charge on any atom is -0.313 e. The summed E-state index contributed by atoms with van der Waals surface area (Å²) in [6.45, 7) is 5.80. The molecule has 1 aliphatic heterocycles. The monoisotopic (exact) mass is 308 g/mol. The molecule has 0 bridgehead atoms. The number of hydrogen-bond acceptors (Lipinski definition) is 4. The van der Waals surface area contributed by atoms with Gasteiger partial charge in [0.25, 0.3) is 0 Å². The smallest absolute Gasteiger partial charge is 0.133 e. The normalized spacial score (nSPS) is 18.0. The average Bonchev–Trinajstić information content (AvgIpc) is 2.98. The van der Waals surface area contributed by atoms with Crippen LogP contribution in [-0.4, -0.2) is 30.6 Å². The Kier molecular flexibility index (Phi) is 3.99. The minimum absolute atomic E-state index is 0.425. The van der Waals surface area contributed by atoms with Crippen LogP contribution in [0.15, 0.2) is 0 Å². The first-order chi connectivity index (χ1) is 10.1. The Morgan fingerprint density at radius 2 is 2.19 bits per heavy atom. The van der Waals surface area contributed by atoms with E-state index in [2.05, 4.69) is 32.1 Å². The second-order valence-corrected chi connectivity index (χ2v) is 5.95. The second-order valence-electron chi connectivity index (χ2n) is 5.59. The molecule has 0 saturated carbocycles. The summed E-state index contributed by atoms with van der Waals surface area (Å²) in [4.78, 5) is 0. The van der Waals surface area contributed by atoms with E-state index in [9.17, 15) is 0 Å². The van der Waals surface area contributed by atoms with Crippen molar-refractivity contribution in [3.8, 4) is 0 Å². The highest BCUT2D eigenvalue weighted by molar-refractivity contribution is 6.30. The molecular weight excluding hydrogens is 288 g/mol. The van der Waals surface area contributed by atoms with Crippen molar-refractivity contribution in [3.63, 3.8) is 0 Å². The maximum Gasteiger partial charge on any atom is 0.133 e. The summed E-state index contributed by atoms with van der Waals surface area (Å²) in [7, 11) is 1.87. The lowest BCUT2D eigenvalue weighted by atomic mass is 10.1. The van der Waals surface area contributed by atoms with Crippen molar-refractivity contribution in [3.05, 3.63) is 28.1 Å². The molecule has 0 radical (unpaired) electrons. The summed E-state index contributed by atoms with van der Waals surface area (Å²) in [6.07, 6.45) is 2.98. The zero-order valence-corrected chi connectivity index (χ0v) is 13.5. The van der Waals surface area contributed by atoms with Crippen LogP contribution in [0.5, 0.6) is 0 Å². The van der Waals surface area contributed by atoms with Crippen molar-refractivity contribution in [2.45, 2.75) is 52.2 Å². The molecule has 1 aliphatic rings. The van der Waals surface area contributed by atoms with Gasteiger partial charge >= 0.3 is 0 Å². The van der Waals surface area contributed by atoms with E-state index in [1.807, 2.05) is 14.0 Å². The predicted octanol–water partition coefficient (Wildman–Crippen LogP) is 1.64. The van der Waals surface area contributed by atoms with Crippen LogP contribution in [0.3, 0.4) is 0 Å². The fourth-order valence-corrected chi connectivity index (χ4v) is 3.17. The van der Waals surface area contributed by atoms with Gasteiger partial charge in [-0.2, -0.15) is 5.10 Å². The van der Waals surface area contributed by atoms with Gasteiger partial charge in [-0.25, -0.2) is 0 Å². The first-order valence-corrected chi connectivity index (χ1v) is 7.80. The third-order valence-corrected chi connectivity index (χ3v) is 4.65. The molecule has 3 heterocycles. The van der Waals surface area contributed by atoms with E-state index in [0.717, 1.165) is 60.4 Å². The van der Waals surface area contributed by atoms with Gasteiger partial charge in [0, 0.05) is 44.6 Å². The van der Waals surface area contributed by atoms with Gasteiger partial charge in [-0.1, -0.05) is 18.5 Å². The van der Waals surface area contributed by atoms with E-state index in [-0.39, 0.29) is 0 Å². The van der Waals surface area contributed by atoms with E-state index in [1.165, 1.54) is 0 Å². The van der Waals surface area contributed by atoms with Crippen LogP contribution in [0.25, 0.3) is 0 Å². The van der Waals surface area contributed by atoms with Crippen LogP contribution in [0.2, 0.25) is 5.15 Å². The molecule has 0 amide bonds. The van der Waals surface area contributed by atoms with Crippen LogP contribution in [0, 0.1) is 6.92 Å². The summed E-state index contributed by atoms with van der Waals surface area (Å²) >= 11 is 6.28. The van der Waals surface area contributed by atoms with E-state index in [4.69, 9.17) is 11.6 Å². The maximum atomic E-state index is 6.28. The summed E-state index contributed by atoms with van der Waals surface area (Å²) in [5.74, 6) is 2.19. The van der Waals surface area contributed by atoms with Crippen LogP contribution in [-0.2, 0) is 33.0 Å². The summed E-state index contributed by atoms with van der Waals surface area (Å²) in [5, 5.41) is 17.2. The molecule has 2 aromatic rings. The third-order valence-electron chi connectivity index (χ3n) is 4.18. The number of rotatable bonds is 4. The molecule has 1 atom stereocenters. The van der Waals surface area contributed by atoms with Crippen molar-refractivity contribution >= 4 is 11.6 Å². The Hall–Kier alpha value is -1.40. The van der Waals surface area contributed by atoms with Crippen molar-refractivity contribution < 1.29 is 0 Å². The molecule has 0 aliphatic carbocycles. The Morgan fingerprint density at radius 3 is 2.86 bits per heavy atom.